The Morgan fingerprint density at radius 3 is 2.88 bits per heavy atom. The third kappa shape index (κ3) is 2.13. The van der Waals surface area contributed by atoms with Crippen molar-refractivity contribution in [2.45, 2.75) is 19.9 Å². The van der Waals surface area contributed by atoms with Crippen molar-refractivity contribution in [1.82, 2.24) is 15.2 Å². The lowest BCUT2D eigenvalue weighted by Gasteiger charge is -2.13. The Kier molecular flexibility index (Phi) is 2.76. The quantitative estimate of drug-likeness (QED) is 0.686. The van der Waals surface area contributed by atoms with Crippen molar-refractivity contribution in [1.29, 1.82) is 0 Å². The molecule has 5 nitrogen and oxygen atoms in total. The van der Waals surface area contributed by atoms with Crippen LogP contribution >= 0.6 is 0 Å². The van der Waals surface area contributed by atoms with Gasteiger partial charge in [0.05, 0.1) is 6.04 Å². The number of nitrogens with one attached hydrogen (secondary N) is 2. The van der Waals surface area contributed by atoms with Gasteiger partial charge in [0.15, 0.2) is 0 Å². The van der Waals surface area contributed by atoms with E-state index in [1.807, 2.05) is 32.0 Å². The van der Waals surface area contributed by atoms with Crippen molar-refractivity contribution in [3.8, 4) is 0 Å². The van der Waals surface area contributed by atoms with Gasteiger partial charge in [-0.05, 0) is 37.6 Å². The van der Waals surface area contributed by atoms with Crippen LogP contribution in [-0.2, 0) is 0 Å². The van der Waals surface area contributed by atoms with E-state index >= 15 is 0 Å². The summed E-state index contributed by atoms with van der Waals surface area (Å²) in [6.07, 6.45) is 1.50. The molecule has 0 radical (unpaired) electrons. The van der Waals surface area contributed by atoms with Crippen molar-refractivity contribution < 1.29 is 0 Å². The zero-order chi connectivity index (χ0) is 11.5. The normalized spacial score (nSPS) is 12.4. The molecule has 1 heterocycles. The fraction of sp³-hybridized carbons (Fsp3) is 0.273. The standard InChI is InChI=1S/C11H15N5/c1-7-5-9(3-4-10(7)12)15-8(2)11-13-6-14-16-11/h3-6,8,15H,12H2,1-2H3,(H,13,14,16). The van der Waals surface area contributed by atoms with Crippen LogP contribution < -0.4 is 11.1 Å². The lowest BCUT2D eigenvalue weighted by molar-refractivity contribution is 0.795. The first kappa shape index (κ1) is 10.5. The van der Waals surface area contributed by atoms with E-state index in [9.17, 15) is 0 Å². The molecule has 1 aromatic heterocycles. The van der Waals surface area contributed by atoms with Gasteiger partial charge in [0.1, 0.15) is 12.2 Å². The Morgan fingerprint density at radius 1 is 1.44 bits per heavy atom. The number of hydrogen-bond acceptors (Lipinski definition) is 4. The maximum Gasteiger partial charge on any atom is 0.146 e. The van der Waals surface area contributed by atoms with Gasteiger partial charge in [-0.1, -0.05) is 0 Å². The first-order valence-electron chi connectivity index (χ1n) is 5.15. The van der Waals surface area contributed by atoms with Crippen LogP contribution in [0, 0.1) is 6.92 Å². The van der Waals surface area contributed by atoms with E-state index in [4.69, 9.17) is 5.73 Å². The Balaban J connectivity index is 2.12. The van der Waals surface area contributed by atoms with Gasteiger partial charge in [-0.25, -0.2) is 4.98 Å². The first-order chi connectivity index (χ1) is 7.66. The highest BCUT2D eigenvalue weighted by Crippen LogP contribution is 2.20. The number of aromatic nitrogens is 3. The largest absolute Gasteiger partial charge is 0.399 e. The number of benzene rings is 1. The molecule has 0 saturated heterocycles. The van der Waals surface area contributed by atoms with E-state index in [2.05, 4.69) is 20.5 Å². The van der Waals surface area contributed by atoms with Gasteiger partial charge in [0.25, 0.3) is 0 Å². The van der Waals surface area contributed by atoms with Crippen LogP contribution in [0.1, 0.15) is 24.4 Å². The monoisotopic (exact) mass is 217 g/mol. The molecule has 0 bridgehead atoms. The van der Waals surface area contributed by atoms with Gasteiger partial charge in [-0.3, -0.25) is 5.10 Å². The number of hydrogen-bond donors (Lipinski definition) is 3. The van der Waals surface area contributed by atoms with Crippen LogP contribution in [0.3, 0.4) is 0 Å². The van der Waals surface area contributed by atoms with E-state index in [0.29, 0.717) is 0 Å². The van der Waals surface area contributed by atoms with Crippen molar-refractivity contribution in [2.24, 2.45) is 0 Å². The molecule has 4 N–H and O–H groups in total. The average molecular weight is 217 g/mol. The number of H-pyrrole nitrogens is 1. The summed E-state index contributed by atoms with van der Waals surface area (Å²) in [7, 11) is 0. The molecule has 0 spiro atoms. The van der Waals surface area contributed by atoms with Crippen LogP contribution in [0.4, 0.5) is 11.4 Å². The third-order valence-electron chi connectivity index (χ3n) is 2.50. The summed E-state index contributed by atoms with van der Waals surface area (Å²) in [4.78, 5) is 4.10. The first-order valence-corrected chi connectivity index (χ1v) is 5.15. The van der Waals surface area contributed by atoms with Crippen LogP contribution in [0.5, 0.6) is 0 Å². The fourth-order valence-corrected chi connectivity index (χ4v) is 1.51. The van der Waals surface area contributed by atoms with E-state index in [1.54, 1.807) is 0 Å². The molecule has 2 rings (SSSR count). The second kappa shape index (κ2) is 4.22. The molecular formula is C11H15N5. The SMILES string of the molecule is Cc1cc(NC(C)c2ncn[nH]2)ccc1N. The molecule has 1 unspecified atom stereocenters. The van der Waals surface area contributed by atoms with E-state index in [1.165, 1.54) is 6.33 Å². The van der Waals surface area contributed by atoms with Crippen molar-refractivity contribution in [3.05, 3.63) is 35.9 Å². The molecule has 0 amide bonds. The van der Waals surface area contributed by atoms with Crippen LogP contribution in [0.15, 0.2) is 24.5 Å². The molecular weight excluding hydrogens is 202 g/mol. The summed E-state index contributed by atoms with van der Waals surface area (Å²) in [5.74, 6) is 0.814. The number of aryl methyl sites for hydroxylation is 1. The molecule has 2 aromatic rings. The molecule has 0 aliphatic rings. The summed E-state index contributed by atoms with van der Waals surface area (Å²) in [6.45, 7) is 4.01. The maximum absolute atomic E-state index is 5.76. The predicted octanol–water partition coefficient (Wildman–Crippen LogP) is 1.87. The Bertz CT molecular complexity index is 463. The predicted molar refractivity (Wildman–Crippen MR) is 64.0 cm³/mol. The number of aromatic amines is 1. The Hall–Kier alpha value is -2.04. The summed E-state index contributed by atoms with van der Waals surface area (Å²) in [6, 6.07) is 5.95. The van der Waals surface area contributed by atoms with Gasteiger partial charge in [0.2, 0.25) is 0 Å². The van der Waals surface area contributed by atoms with Crippen molar-refractivity contribution in [2.75, 3.05) is 11.1 Å². The maximum atomic E-state index is 5.76. The van der Waals surface area contributed by atoms with Gasteiger partial charge >= 0.3 is 0 Å². The molecule has 1 atom stereocenters. The number of nitrogens with two attached hydrogens (primary N) is 1. The topological polar surface area (TPSA) is 79.6 Å². The summed E-state index contributed by atoms with van der Waals surface area (Å²) in [5, 5.41) is 9.98. The summed E-state index contributed by atoms with van der Waals surface area (Å²) in [5.41, 5.74) is 8.65. The zero-order valence-corrected chi connectivity index (χ0v) is 9.36. The zero-order valence-electron chi connectivity index (χ0n) is 9.36. The number of rotatable bonds is 3. The molecule has 1 aromatic carbocycles. The van der Waals surface area contributed by atoms with Gasteiger partial charge in [-0.2, -0.15) is 5.10 Å². The van der Waals surface area contributed by atoms with Crippen LogP contribution in [0.2, 0.25) is 0 Å². The molecule has 0 aliphatic heterocycles. The highest BCUT2D eigenvalue weighted by molar-refractivity contribution is 5.57. The minimum absolute atomic E-state index is 0.0884. The Morgan fingerprint density at radius 2 is 2.25 bits per heavy atom. The average Bonchev–Trinajstić information content (AvgIpc) is 2.77. The summed E-state index contributed by atoms with van der Waals surface area (Å²) < 4.78 is 0. The van der Waals surface area contributed by atoms with Crippen molar-refractivity contribution in [3.63, 3.8) is 0 Å². The Labute approximate surface area is 94.1 Å². The van der Waals surface area contributed by atoms with Gasteiger partial charge < -0.3 is 11.1 Å². The highest BCUT2D eigenvalue weighted by Gasteiger charge is 2.07. The molecule has 0 fully saturated rings. The van der Waals surface area contributed by atoms with Crippen LogP contribution in [0.25, 0.3) is 0 Å². The molecule has 0 aliphatic carbocycles. The second-order valence-corrected chi connectivity index (χ2v) is 3.81. The number of anilines is 2. The highest BCUT2D eigenvalue weighted by atomic mass is 15.2. The fourth-order valence-electron chi connectivity index (χ4n) is 1.51. The van der Waals surface area contributed by atoms with E-state index < -0.39 is 0 Å². The lowest BCUT2D eigenvalue weighted by atomic mass is 10.1. The minimum Gasteiger partial charge on any atom is -0.399 e. The van der Waals surface area contributed by atoms with E-state index in [0.717, 1.165) is 22.8 Å². The molecule has 84 valence electrons. The number of nitrogens with zero attached hydrogens (tertiary/aromatic N) is 2. The smallest absolute Gasteiger partial charge is 0.146 e. The molecule has 16 heavy (non-hydrogen) atoms. The van der Waals surface area contributed by atoms with Gasteiger partial charge in [-0.15, -0.1) is 0 Å². The molecule has 0 saturated carbocycles. The second-order valence-electron chi connectivity index (χ2n) is 3.81. The van der Waals surface area contributed by atoms with Crippen LogP contribution in [-0.4, -0.2) is 15.2 Å². The lowest BCUT2D eigenvalue weighted by Crippen LogP contribution is -2.08. The van der Waals surface area contributed by atoms with Gasteiger partial charge in [0, 0.05) is 11.4 Å². The van der Waals surface area contributed by atoms with E-state index in [-0.39, 0.29) is 6.04 Å². The third-order valence-corrected chi connectivity index (χ3v) is 2.50. The summed E-state index contributed by atoms with van der Waals surface area (Å²) >= 11 is 0. The minimum atomic E-state index is 0.0884. The molecule has 5 heteroatoms. The number of nitrogen functional groups attached to an aromatic ring is 1. The van der Waals surface area contributed by atoms with Crippen molar-refractivity contribution >= 4 is 11.4 Å².